The highest BCUT2D eigenvalue weighted by Gasteiger charge is 2.38. The molecule has 46 heavy (non-hydrogen) atoms. The van der Waals surface area contributed by atoms with Crippen LogP contribution in [-0.4, -0.2) is 62.9 Å². The maximum absolute atomic E-state index is 12.9. The van der Waals surface area contributed by atoms with Gasteiger partial charge in [-0.25, -0.2) is 14.4 Å². The summed E-state index contributed by atoms with van der Waals surface area (Å²) in [6.07, 6.45) is -6.07. The lowest BCUT2D eigenvalue weighted by molar-refractivity contribution is -0.193. The second-order valence-electron chi connectivity index (χ2n) is 8.97. The number of carboxylic acids is 2. The number of hydrogen-bond acceptors (Lipinski definition) is 6. The molecule has 10 nitrogen and oxygen atoms in total. The number of aliphatic carboxylic acids is 2. The van der Waals surface area contributed by atoms with Gasteiger partial charge in [-0.3, -0.25) is 10.4 Å². The number of H-pyrrole nitrogens is 1. The van der Waals surface area contributed by atoms with E-state index >= 15 is 0 Å². The fourth-order valence-electron chi connectivity index (χ4n) is 3.68. The van der Waals surface area contributed by atoms with Crippen LogP contribution in [0.15, 0.2) is 79.1 Å². The number of halogens is 6. The molecule has 0 saturated heterocycles. The average Bonchev–Trinajstić information content (AvgIpc) is 3.41. The van der Waals surface area contributed by atoms with E-state index in [9.17, 15) is 31.1 Å². The predicted molar refractivity (Wildman–Crippen MR) is 153 cm³/mol. The number of ether oxygens (including phenoxy) is 1. The highest BCUT2D eigenvalue weighted by molar-refractivity contribution is 5.99. The molecule has 2 heterocycles. The van der Waals surface area contributed by atoms with E-state index in [1.807, 2.05) is 66.9 Å². The number of carbonyl (C=O) groups is 3. The van der Waals surface area contributed by atoms with E-state index in [0.29, 0.717) is 24.2 Å². The van der Waals surface area contributed by atoms with Crippen molar-refractivity contribution < 1.29 is 55.7 Å². The number of carbonyl (C=O) groups excluding carboxylic acids is 1. The minimum atomic E-state index is -5.08. The third kappa shape index (κ3) is 10.8. The summed E-state index contributed by atoms with van der Waals surface area (Å²) >= 11 is 0. The zero-order chi connectivity index (χ0) is 34.7. The first-order chi connectivity index (χ1) is 21.4. The molecule has 6 N–H and O–H groups in total. The Morgan fingerprint density at radius 3 is 1.93 bits per heavy atom. The molecule has 0 aliphatic heterocycles. The number of nitrogens with two attached hydrogens (primary N) is 1. The maximum atomic E-state index is 12.9. The smallest absolute Gasteiger partial charge is 0.475 e. The van der Waals surface area contributed by atoms with E-state index in [1.165, 1.54) is 0 Å². The van der Waals surface area contributed by atoms with E-state index in [0.717, 1.165) is 33.6 Å². The largest absolute Gasteiger partial charge is 0.490 e. The average molecular weight is 653 g/mol. The van der Waals surface area contributed by atoms with Crippen LogP contribution in [0, 0.1) is 5.41 Å². The molecule has 0 radical (unpaired) electrons. The van der Waals surface area contributed by atoms with Crippen molar-refractivity contribution in [3.63, 3.8) is 0 Å². The van der Waals surface area contributed by atoms with E-state index in [1.54, 1.807) is 19.2 Å². The number of esters is 1. The Morgan fingerprint density at radius 2 is 1.46 bits per heavy atom. The van der Waals surface area contributed by atoms with Gasteiger partial charge in [0, 0.05) is 41.2 Å². The number of nitrogens with one attached hydrogen (secondary N) is 2. The lowest BCUT2D eigenvalue weighted by atomic mass is 9.98. The van der Waals surface area contributed by atoms with Crippen LogP contribution in [0.25, 0.3) is 22.4 Å². The topological polar surface area (TPSA) is 179 Å². The molecule has 0 unspecified atom stereocenters. The van der Waals surface area contributed by atoms with Crippen molar-refractivity contribution in [1.29, 1.82) is 5.41 Å². The highest BCUT2D eigenvalue weighted by Crippen LogP contribution is 2.30. The van der Waals surface area contributed by atoms with Crippen molar-refractivity contribution in [2.24, 2.45) is 5.73 Å². The van der Waals surface area contributed by atoms with Crippen molar-refractivity contribution in [1.82, 2.24) is 9.97 Å². The number of alkyl halides is 6. The van der Waals surface area contributed by atoms with Gasteiger partial charge in [-0.05, 0) is 36.2 Å². The molecular formula is C30H26F6N4O6. The monoisotopic (exact) mass is 652 g/mol. The van der Waals surface area contributed by atoms with Crippen molar-refractivity contribution >= 4 is 23.7 Å². The SMILES string of the molecule is CCOC(=O)c1c(-c2ccc(-c3ccccn3)cc2)c[nH]c1Cc1cccc(C(=N)N)c1.O=C(O)C(F)(F)F.O=C(O)C(F)(F)F. The standard InChI is InChI=1S/C26H24N4O2.2C2HF3O2/c1-2-32-26(31)24-21(18-9-11-19(12-10-18)22-8-3-4-13-29-22)16-30-23(24)15-17-6-5-7-20(14-17)25(27)28;2*3-2(4,5)1(6)7/h3-14,16,30H,2,15H2,1H3,(H3,27,28);2*(H,6,7). The lowest BCUT2D eigenvalue weighted by Gasteiger charge is -2.09. The van der Waals surface area contributed by atoms with Gasteiger partial charge >= 0.3 is 30.3 Å². The van der Waals surface area contributed by atoms with Gasteiger partial charge < -0.3 is 25.7 Å². The summed E-state index contributed by atoms with van der Waals surface area (Å²) in [6, 6.07) is 21.2. The fourth-order valence-corrected chi connectivity index (χ4v) is 3.68. The van der Waals surface area contributed by atoms with E-state index in [2.05, 4.69) is 9.97 Å². The second-order valence-corrected chi connectivity index (χ2v) is 8.97. The minimum Gasteiger partial charge on any atom is -0.475 e. The molecule has 4 aromatic rings. The number of rotatable bonds is 7. The summed E-state index contributed by atoms with van der Waals surface area (Å²) in [4.78, 5) is 38.3. The normalized spacial score (nSPS) is 10.8. The first-order valence-electron chi connectivity index (χ1n) is 12.9. The van der Waals surface area contributed by atoms with Gasteiger partial charge in [0.05, 0.1) is 17.9 Å². The Hall–Kier alpha value is -5.67. The molecule has 0 fully saturated rings. The number of carboxylic acid groups (broad SMARTS) is 2. The van der Waals surface area contributed by atoms with Crippen molar-refractivity contribution in [2.45, 2.75) is 25.7 Å². The summed E-state index contributed by atoms with van der Waals surface area (Å²) in [7, 11) is 0. The molecule has 0 spiro atoms. The number of nitrogens with zero attached hydrogens (tertiary/aromatic N) is 1. The summed E-state index contributed by atoms with van der Waals surface area (Å²) in [5.74, 6) is -5.87. The Kier molecular flexibility index (Phi) is 12.6. The third-order valence-corrected chi connectivity index (χ3v) is 5.70. The molecule has 16 heteroatoms. The molecule has 0 aliphatic carbocycles. The number of aromatic amines is 1. The first-order valence-corrected chi connectivity index (χ1v) is 12.9. The van der Waals surface area contributed by atoms with Gasteiger partial charge in [0.25, 0.3) is 0 Å². The molecule has 0 bridgehead atoms. The van der Waals surface area contributed by atoms with E-state index < -0.39 is 24.3 Å². The zero-order valence-electron chi connectivity index (χ0n) is 23.7. The molecule has 4 rings (SSSR count). The molecule has 2 aromatic heterocycles. The number of aromatic nitrogens is 2. The van der Waals surface area contributed by atoms with Crippen LogP contribution < -0.4 is 5.73 Å². The van der Waals surface area contributed by atoms with Crippen LogP contribution in [0.3, 0.4) is 0 Å². The van der Waals surface area contributed by atoms with Gasteiger partial charge in [-0.15, -0.1) is 0 Å². The van der Waals surface area contributed by atoms with Crippen LogP contribution in [0.1, 0.15) is 34.1 Å². The third-order valence-electron chi connectivity index (χ3n) is 5.70. The highest BCUT2D eigenvalue weighted by atomic mass is 19.4. The van der Waals surface area contributed by atoms with Crippen LogP contribution in [-0.2, 0) is 20.7 Å². The molecule has 0 amide bonds. The lowest BCUT2D eigenvalue weighted by Crippen LogP contribution is -2.21. The zero-order valence-corrected chi connectivity index (χ0v) is 23.7. The van der Waals surface area contributed by atoms with Crippen molar-refractivity contribution in [3.05, 3.63) is 102 Å². The number of amidine groups is 1. The van der Waals surface area contributed by atoms with Gasteiger partial charge in [0.2, 0.25) is 0 Å². The van der Waals surface area contributed by atoms with Gasteiger partial charge in [-0.2, -0.15) is 26.3 Å². The molecule has 0 aliphatic rings. The Labute approximate surface area is 257 Å². The summed E-state index contributed by atoms with van der Waals surface area (Å²) in [6.45, 7) is 2.09. The number of hydrogen-bond donors (Lipinski definition) is 5. The van der Waals surface area contributed by atoms with Gasteiger partial charge in [-0.1, -0.05) is 48.5 Å². The van der Waals surface area contributed by atoms with Crippen LogP contribution in [0.4, 0.5) is 26.3 Å². The van der Waals surface area contributed by atoms with Gasteiger partial charge in [0.15, 0.2) is 0 Å². The predicted octanol–water partition coefficient (Wildman–Crippen LogP) is 6.06. The van der Waals surface area contributed by atoms with Crippen molar-refractivity contribution in [2.75, 3.05) is 6.61 Å². The quantitative estimate of drug-likeness (QED) is 0.0692. The Morgan fingerprint density at radius 1 is 0.891 bits per heavy atom. The number of pyridine rings is 1. The number of nitrogen functional groups attached to an aromatic ring is 1. The summed E-state index contributed by atoms with van der Waals surface area (Å²) < 4.78 is 68.8. The summed E-state index contributed by atoms with van der Waals surface area (Å²) in [5.41, 5.74) is 12.1. The van der Waals surface area contributed by atoms with Crippen LogP contribution in [0.2, 0.25) is 0 Å². The van der Waals surface area contributed by atoms with Crippen LogP contribution in [0.5, 0.6) is 0 Å². The second kappa shape index (κ2) is 15.9. The van der Waals surface area contributed by atoms with Crippen molar-refractivity contribution in [3.8, 4) is 22.4 Å². The van der Waals surface area contributed by atoms with E-state index in [4.69, 9.17) is 35.7 Å². The summed E-state index contributed by atoms with van der Waals surface area (Å²) in [5, 5.41) is 21.9. The Balaban J connectivity index is 0.000000440. The Bertz CT molecular complexity index is 1630. The molecule has 0 atom stereocenters. The molecule has 2 aromatic carbocycles. The molecular weight excluding hydrogens is 626 g/mol. The van der Waals surface area contributed by atoms with Crippen LogP contribution >= 0.6 is 0 Å². The number of benzene rings is 2. The molecule has 244 valence electrons. The minimum absolute atomic E-state index is 0.0117. The maximum Gasteiger partial charge on any atom is 0.490 e. The fraction of sp³-hybridized carbons (Fsp3) is 0.167. The molecule has 0 saturated carbocycles. The van der Waals surface area contributed by atoms with Gasteiger partial charge in [0.1, 0.15) is 5.84 Å². The van der Waals surface area contributed by atoms with E-state index in [-0.39, 0.29) is 11.8 Å². The first kappa shape index (κ1) is 36.5.